The summed E-state index contributed by atoms with van der Waals surface area (Å²) in [5.41, 5.74) is 1.51. The lowest BCUT2D eigenvalue weighted by atomic mass is 9.74. The number of allylic oxidation sites excluding steroid dienone is 3. The van der Waals surface area contributed by atoms with Gasteiger partial charge in [0.25, 0.3) is 0 Å². The van der Waals surface area contributed by atoms with Crippen molar-refractivity contribution in [3.8, 4) is 11.5 Å². The molecule has 5 nitrogen and oxygen atoms in total. The number of halogens is 2. The van der Waals surface area contributed by atoms with Crippen molar-refractivity contribution in [1.29, 1.82) is 0 Å². The Bertz CT molecular complexity index is 1050. The van der Waals surface area contributed by atoms with Gasteiger partial charge < -0.3 is 14.9 Å². The highest BCUT2D eigenvalue weighted by Gasteiger charge is 2.41. The minimum atomic E-state index is -1.03. The Morgan fingerprint density at radius 2 is 1.81 bits per heavy atom. The van der Waals surface area contributed by atoms with Crippen molar-refractivity contribution < 1.29 is 24.5 Å². The molecule has 7 heteroatoms. The van der Waals surface area contributed by atoms with Gasteiger partial charge in [0.2, 0.25) is 0 Å². The predicted molar refractivity (Wildman–Crippen MR) is 105 cm³/mol. The summed E-state index contributed by atoms with van der Waals surface area (Å²) in [6.07, 6.45) is 3.19. The smallest absolute Gasteiger partial charge is 0.335 e. The molecule has 0 unspecified atom stereocenters. The molecule has 2 aromatic rings. The number of fused-ring (bicyclic) bond motifs is 2. The molecule has 0 amide bonds. The molecule has 2 atom stereocenters. The lowest BCUT2D eigenvalue weighted by Gasteiger charge is -2.37. The summed E-state index contributed by atoms with van der Waals surface area (Å²) in [4.78, 5) is 23.9. The van der Waals surface area contributed by atoms with Crippen molar-refractivity contribution in [2.24, 2.45) is 5.92 Å². The normalized spacial score (nSPS) is 20.7. The molecule has 0 saturated carbocycles. The van der Waals surface area contributed by atoms with Gasteiger partial charge in [0.15, 0.2) is 5.78 Å². The van der Waals surface area contributed by atoms with Crippen molar-refractivity contribution in [1.82, 2.24) is 0 Å². The molecule has 2 aliphatic rings. The van der Waals surface area contributed by atoms with Gasteiger partial charge in [-0.3, -0.25) is 4.79 Å². The number of benzene rings is 2. The summed E-state index contributed by atoms with van der Waals surface area (Å²) in [6.45, 7) is 0. The number of phenols is 1. The Kier molecular flexibility index (Phi) is 4.44. The first-order valence-corrected chi connectivity index (χ1v) is 9.62. The number of ether oxygens (including phenoxy) is 1. The highest BCUT2D eigenvalue weighted by molar-refractivity contribution is 9.12. The molecule has 1 aliphatic heterocycles. The molecule has 2 N–H and O–H groups in total. The monoisotopic (exact) mass is 490 g/mol. The first-order valence-electron chi connectivity index (χ1n) is 8.03. The first-order chi connectivity index (χ1) is 12.9. The first kappa shape index (κ1) is 18.0. The molecule has 136 valence electrons. The number of rotatable bonds is 2. The van der Waals surface area contributed by atoms with E-state index in [0.29, 0.717) is 21.5 Å². The van der Waals surface area contributed by atoms with Crippen molar-refractivity contribution in [2.75, 3.05) is 0 Å². The third kappa shape index (κ3) is 2.82. The van der Waals surface area contributed by atoms with Crippen LogP contribution in [0.25, 0.3) is 0 Å². The van der Waals surface area contributed by atoms with E-state index in [2.05, 4.69) is 31.9 Å². The van der Waals surface area contributed by atoms with E-state index < -0.39 is 11.9 Å². The molecular formula is C20H12Br2O5. The fourth-order valence-corrected chi connectivity index (χ4v) is 4.45. The molecule has 1 heterocycles. The van der Waals surface area contributed by atoms with Crippen molar-refractivity contribution in [3.63, 3.8) is 0 Å². The number of ketones is 1. The number of carbonyl (C=O) groups excluding carboxylic acids is 1. The van der Waals surface area contributed by atoms with Crippen LogP contribution >= 0.6 is 31.9 Å². The Morgan fingerprint density at radius 3 is 2.56 bits per heavy atom. The molecule has 0 aromatic heterocycles. The molecular weight excluding hydrogens is 480 g/mol. The second-order valence-electron chi connectivity index (χ2n) is 6.22. The minimum Gasteiger partial charge on any atom is -0.507 e. The van der Waals surface area contributed by atoms with Crippen LogP contribution < -0.4 is 4.74 Å². The number of carbonyl (C=O) groups is 2. The number of carboxylic acids is 1. The maximum atomic E-state index is 12.1. The van der Waals surface area contributed by atoms with Crippen molar-refractivity contribution in [2.45, 2.75) is 5.92 Å². The summed E-state index contributed by atoms with van der Waals surface area (Å²) in [6, 6.07) is 10.0. The molecule has 0 fully saturated rings. The highest BCUT2D eigenvalue weighted by atomic mass is 79.9. The number of aromatic carboxylic acids is 1. The number of carboxylic acid groups (broad SMARTS) is 1. The van der Waals surface area contributed by atoms with Gasteiger partial charge in [-0.05, 0) is 55.6 Å². The molecule has 0 bridgehead atoms. The van der Waals surface area contributed by atoms with E-state index in [4.69, 9.17) is 4.74 Å². The third-order valence-corrected chi connectivity index (χ3v) is 6.28. The van der Waals surface area contributed by atoms with Crippen LogP contribution in [0.15, 0.2) is 63.3 Å². The van der Waals surface area contributed by atoms with Gasteiger partial charge in [0.05, 0.1) is 5.56 Å². The lowest BCUT2D eigenvalue weighted by Crippen LogP contribution is -2.29. The van der Waals surface area contributed by atoms with Crippen LogP contribution in [0, 0.1) is 5.92 Å². The summed E-state index contributed by atoms with van der Waals surface area (Å²) in [5.74, 6) is -1.26. The standard InChI is InChI=1S/C20H12Br2O5/c21-16-13(23)7-5-11-15(9-3-1-2-4-10(9)20(25)26)12-6-8-14(24)17(22)19(12)27-18(11)16/h1-8,11,15,24H,(H,25,26)/t11-,15-/m0/s1. The maximum absolute atomic E-state index is 12.1. The zero-order chi connectivity index (χ0) is 19.3. The van der Waals surface area contributed by atoms with Crippen LogP contribution in [0.4, 0.5) is 0 Å². The molecule has 27 heavy (non-hydrogen) atoms. The zero-order valence-corrected chi connectivity index (χ0v) is 16.8. The molecule has 0 saturated heterocycles. The van der Waals surface area contributed by atoms with Crippen molar-refractivity contribution in [3.05, 3.63) is 80.0 Å². The Balaban J connectivity index is 2.03. The van der Waals surface area contributed by atoms with Gasteiger partial charge in [0, 0.05) is 17.4 Å². The predicted octanol–water partition coefficient (Wildman–Crippen LogP) is 4.74. The summed E-state index contributed by atoms with van der Waals surface area (Å²) in [7, 11) is 0. The van der Waals surface area contributed by atoms with Crippen LogP contribution in [-0.4, -0.2) is 22.0 Å². The van der Waals surface area contributed by atoms with Gasteiger partial charge in [-0.2, -0.15) is 0 Å². The summed E-state index contributed by atoms with van der Waals surface area (Å²) < 4.78 is 6.63. The van der Waals surface area contributed by atoms with Gasteiger partial charge in [-0.15, -0.1) is 0 Å². The SMILES string of the molecule is O=C1C=C[C@@H]2C(=C1Br)Oc1c(ccc(O)c1Br)[C@H]2c1ccccc1C(=O)O. The third-order valence-electron chi connectivity index (χ3n) is 4.73. The Hall–Kier alpha value is -2.38. The summed E-state index contributed by atoms with van der Waals surface area (Å²) >= 11 is 6.63. The average Bonchev–Trinajstić information content (AvgIpc) is 2.66. The van der Waals surface area contributed by atoms with Gasteiger partial charge in [-0.25, -0.2) is 4.79 Å². The van der Waals surface area contributed by atoms with E-state index in [9.17, 15) is 19.8 Å². The lowest BCUT2D eigenvalue weighted by molar-refractivity contribution is -0.111. The van der Waals surface area contributed by atoms with E-state index in [1.165, 1.54) is 12.1 Å². The maximum Gasteiger partial charge on any atom is 0.335 e. The minimum absolute atomic E-state index is 0.00753. The van der Waals surface area contributed by atoms with Crippen LogP contribution in [0.2, 0.25) is 0 Å². The molecule has 0 radical (unpaired) electrons. The molecule has 2 aromatic carbocycles. The van der Waals surface area contributed by atoms with E-state index in [1.807, 2.05) is 0 Å². The van der Waals surface area contributed by atoms with E-state index in [0.717, 1.165) is 5.56 Å². The second-order valence-corrected chi connectivity index (χ2v) is 7.80. The number of aromatic hydroxyl groups is 1. The van der Waals surface area contributed by atoms with Gasteiger partial charge >= 0.3 is 5.97 Å². The average molecular weight is 492 g/mol. The largest absolute Gasteiger partial charge is 0.507 e. The number of hydrogen-bond acceptors (Lipinski definition) is 4. The van der Waals surface area contributed by atoms with Crippen LogP contribution in [-0.2, 0) is 4.79 Å². The summed E-state index contributed by atoms with van der Waals surface area (Å²) in [5, 5.41) is 19.7. The fourth-order valence-electron chi connectivity index (χ4n) is 3.53. The number of hydrogen-bond donors (Lipinski definition) is 2. The van der Waals surface area contributed by atoms with Crippen LogP contribution in [0.1, 0.15) is 27.4 Å². The Labute approximate surface area is 171 Å². The molecule has 0 spiro atoms. The quantitative estimate of drug-likeness (QED) is 0.633. The second kappa shape index (κ2) is 6.65. The zero-order valence-electron chi connectivity index (χ0n) is 13.6. The molecule has 1 aliphatic carbocycles. The van der Waals surface area contributed by atoms with E-state index in [-0.39, 0.29) is 27.5 Å². The number of phenolic OH excluding ortho intramolecular Hbond substituents is 1. The topological polar surface area (TPSA) is 83.8 Å². The van der Waals surface area contributed by atoms with E-state index in [1.54, 1.807) is 36.4 Å². The van der Waals surface area contributed by atoms with E-state index >= 15 is 0 Å². The van der Waals surface area contributed by atoms with Crippen LogP contribution in [0.3, 0.4) is 0 Å². The molecule has 4 rings (SSSR count). The fraction of sp³-hybridized carbons (Fsp3) is 0.100. The van der Waals surface area contributed by atoms with Crippen molar-refractivity contribution >= 4 is 43.6 Å². The van der Waals surface area contributed by atoms with Crippen LogP contribution in [0.5, 0.6) is 11.5 Å². The van der Waals surface area contributed by atoms with Gasteiger partial charge in [0.1, 0.15) is 26.2 Å². The Morgan fingerprint density at radius 1 is 1.07 bits per heavy atom. The van der Waals surface area contributed by atoms with Gasteiger partial charge in [-0.1, -0.05) is 30.3 Å². The highest BCUT2D eigenvalue weighted by Crippen LogP contribution is 2.53.